The Morgan fingerprint density at radius 3 is 2.45 bits per heavy atom. The molecule has 3 rings (SSSR count). The van der Waals surface area contributed by atoms with Crippen molar-refractivity contribution in [2.45, 2.75) is 26.5 Å². The van der Waals surface area contributed by atoms with Crippen molar-refractivity contribution in [3.8, 4) is 5.75 Å². The Labute approximate surface area is 189 Å². The van der Waals surface area contributed by atoms with Crippen molar-refractivity contribution in [3.05, 3.63) is 75.5 Å². The Hall–Kier alpha value is -3.03. The Morgan fingerprint density at radius 1 is 1.13 bits per heavy atom. The second kappa shape index (κ2) is 9.85. The van der Waals surface area contributed by atoms with Gasteiger partial charge in [-0.25, -0.2) is 9.48 Å². The maximum atomic E-state index is 12.7. The van der Waals surface area contributed by atoms with E-state index in [9.17, 15) is 9.59 Å². The number of aryl methyl sites for hydroxylation is 1. The van der Waals surface area contributed by atoms with E-state index in [1.165, 1.54) is 11.6 Å². The lowest BCUT2D eigenvalue weighted by molar-refractivity contribution is -0.123. The van der Waals surface area contributed by atoms with Gasteiger partial charge in [0.2, 0.25) is 0 Å². The van der Waals surface area contributed by atoms with Crippen molar-refractivity contribution in [2.24, 2.45) is 0 Å². The molecule has 0 saturated carbocycles. The van der Waals surface area contributed by atoms with Gasteiger partial charge in [0.05, 0.1) is 19.3 Å². The van der Waals surface area contributed by atoms with Gasteiger partial charge < -0.3 is 14.8 Å². The largest absolute Gasteiger partial charge is 0.497 e. The molecule has 0 spiro atoms. The number of methoxy groups -OCH3 is 1. The molecule has 0 aliphatic carbocycles. The van der Waals surface area contributed by atoms with E-state index in [0.717, 1.165) is 5.56 Å². The third-order valence-electron chi connectivity index (χ3n) is 4.56. The van der Waals surface area contributed by atoms with Gasteiger partial charge in [0.25, 0.3) is 5.91 Å². The molecule has 9 heteroatoms. The second-order valence-electron chi connectivity index (χ2n) is 6.77. The smallest absolute Gasteiger partial charge is 0.343 e. The summed E-state index contributed by atoms with van der Waals surface area (Å²) in [5, 5.41) is 7.68. The fourth-order valence-corrected chi connectivity index (χ4v) is 3.38. The maximum Gasteiger partial charge on any atom is 0.343 e. The van der Waals surface area contributed by atoms with Crippen LogP contribution in [0.15, 0.2) is 48.5 Å². The number of hydrogen-bond donors (Lipinski definition) is 1. The molecule has 7 nitrogen and oxygen atoms in total. The van der Waals surface area contributed by atoms with E-state index in [2.05, 4.69) is 10.4 Å². The zero-order chi connectivity index (χ0) is 22.5. The van der Waals surface area contributed by atoms with Crippen molar-refractivity contribution in [1.82, 2.24) is 9.78 Å². The molecular weight excluding hydrogens is 441 g/mol. The summed E-state index contributed by atoms with van der Waals surface area (Å²) in [5.74, 6) is -0.544. The molecular formula is C22H21Cl2N3O4. The molecule has 31 heavy (non-hydrogen) atoms. The Balaban J connectivity index is 1.68. The molecule has 0 bridgehead atoms. The van der Waals surface area contributed by atoms with Gasteiger partial charge in [-0.1, -0.05) is 41.4 Å². The van der Waals surface area contributed by atoms with Crippen LogP contribution in [0.1, 0.15) is 28.5 Å². The van der Waals surface area contributed by atoms with Crippen molar-refractivity contribution >= 4 is 40.8 Å². The summed E-state index contributed by atoms with van der Waals surface area (Å²) in [7, 11) is 1.55. The Kier molecular flexibility index (Phi) is 7.20. The molecule has 1 unspecified atom stereocenters. The number of rotatable bonds is 7. The second-order valence-corrected chi connectivity index (χ2v) is 7.53. The summed E-state index contributed by atoms with van der Waals surface area (Å²) in [6, 6.07) is 14.1. The summed E-state index contributed by atoms with van der Waals surface area (Å²) >= 11 is 12.6. The predicted molar refractivity (Wildman–Crippen MR) is 119 cm³/mol. The van der Waals surface area contributed by atoms with E-state index in [4.69, 9.17) is 32.7 Å². The van der Waals surface area contributed by atoms with Crippen LogP contribution in [0.25, 0.3) is 0 Å². The summed E-state index contributed by atoms with van der Waals surface area (Å²) in [6.07, 6.45) is -1.04. The molecule has 0 fully saturated rings. The van der Waals surface area contributed by atoms with Gasteiger partial charge >= 0.3 is 5.97 Å². The molecule has 0 radical (unpaired) electrons. The highest BCUT2D eigenvalue weighted by molar-refractivity contribution is 6.33. The van der Waals surface area contributed by atoms with Crippen LogP contribution in [0.3, 0.4) is 0 Å². The van der Waals surface area contributed by atoms with E-state index < -0.39 is 18.0 Å². The van der Waals surface area contributed by atoms with Crippen molar-refractivity contribution in [1.29, 1.82) is 0 Å². The highest BCUT2D eigenvalue weighted by atomic mass is 35.5. The van der Waals surface area contributed by atoms with E-state index in [-0.39, 0.29) is 10.7 Å². The van der Waals surface area contributed by atoms with Crippen molar-refractivity contribution < 1.29 is 19.1 Å². The first-order valence-electron chi connectivity index (χ1n) is 9.42. The molecule has 1 N–H and O–H groups in total. The molecule has 1 amide bonds. The first-order valence-corrected chi connectivity index (χ1v) is 10.2. The lowest BCUT2D eigenvalue weighted by Crippen LogP contribution is -2.30. The quantitative estimate of drug-likeness (QED) is 0.513. The molecule has 1 aromatic heterocycles. The van der Waals surface area contributed by atoms with Crippen LogP contribution in [0.2, 0.25) is 10.2 Å². The van der Waals surface area contributed by atoms with Gasteiger partial charge in [0.15, 0.2) is 6.10 Å². The van der Waals surface area contributed by atoms with Gasteiger partial charge in [0, 0.05) is 10.7 Å². The van der Waals surface area contributed by atoms with Gasteiger partial charge in [-0.15, -0.1) is 0 Å². The first-order chi connectivity index (χ1) is 14.8. The lowest BCUT2D eigenvalue weighted by Gasteiger charge is -2.14. The minimum atomic E-state index is -1.04. The Morgan fingerprint density at radius 2 is 1.81 bits per heavy atom. The number of carbonyl (C=O) groups is 2. The average Bonchev–Trinajstić information content (AvgIpc) is 3.03. The highest BCUT2D eigenvalue weighted by Crippen LogP contribution is 2.24. The monoisotopic (exact) mass is 461 g/mol. The van der Waals surface area contributed by atoms with Crippen LogP contribution in [-0.4, -0.2) is 34.9 Å². The van der Waals surface area contributed by atoms with E-state index >= 15 is 0 Å². The van der Waals surface area contributed by atoms with Gasteiger partial charge in [-0.3, -0.25) is 4.79 Å². The topological polar surface area (TPSA) is 82.4 Å². The van der Waals surface area contributed by atoms with Gasteiger partial charge in [0.1, 0.15) is 16.5 Å². The van der Waals surface area contributed by atoms with Crippen LogP contribution in [0.5, 0.6) is 5.75 Å². The molecule has 0 aliphatic heterocycles. The molecule has 1 atom stereocenters. The van der Waals surface area contributed by atoms with Crippen molar-refractivity contribution in [2.75, 3.05) is 12.4 Å². The number of carbonyl (C=O) groups excluding carboxylic acids is 2. The zero-order valence-electron chi connectivity index (χ0n) is 17.2. The van der Waals surface area contributed by atoms with Gasteiger partial charge in [-0.2, -0.15) is 5.10 Å². The lowest BCUT2D eigenvalue weighted by atomic mass is 10.2. The van der Waals surface area contributed by atoms with Crippen LogP contribution < -0.4 is 10.1 Å². The number of anilines is 1. The molecule has 0 aliphatic rings. The number of hydrogen-bond acceptors (Lipinski definition) is 5. The predicted octanol–water partition coefficient (Wildman–Crippen LogP) is 4.74. The average molecular weight is 462 g/mol. The van der Waals surface area contributed by atoms with Crippen LogP contribution in [-0.2, 0) is 16.1 Å². The van der Waals surface area contributed by atoms with E-state index in [0.29, 0.717) is 28.7 Å². The van der Waals surface area contributed by atoms with E-state index in [1.807, 2.05) is 18.2 Å². The number of benzene rings is 2. The number of aromatic nitrogens is 2. The van der Waals surface area contributed by atoms with E-state index in [1.54, 1.807) is 44.4 Å². The third-order valence-corrected chi connectivity index (χ3v) is 5.31. The molecule has 3 aromatic rings. The fraction of sp³-hybridized carbons (Fsp3) is 0.227. The Bertz CT molecular complexity index is 1100. The molecule has 162 valence electrons. The number of halogens is 2. The normalized spacial score (nSPS) is 11.6. The summed E-state index contributed by atoms with van der Waals surface area (Å²) in [4.78, 5) is 25.1. The minimum absolute atomic E-state index is 0.109. The standard InChI is InChI=1S/C22H21Cl2N3O4/c1-13-19(20(24)27(26-13)12-15-6-4-5-7-18(15)23)22(29)31-14(2)21(28)25-16-8-10-17(30-3)11-9-16/h4-11,14H,12H2,1-3H3,(H,25,28). The van der Waals surface area contributed by atoms with Crippen LogP contribution >= 0.6 is 23.2 Å². The van der Waals surface area contributed by atoms with Crippen LogP contribution in [0.4, 0.5) is 5.69 Å². The fourth-order valence-electron chi connectivity index (χ4n) is 2.87. The molecule has 1 heterocycles. The van der Waals surface area contributed by atoms with Gasteiger partial charge in [-0.05, 0) is 49.7 Å². The summed E-state index contributed by atoms with van der Waals surface area (Å²) < 4.78 is 11.9. The number of amides is 1. The zero-order valence-corrected chi connectivity index (χ0v) is 18.7. The van der Waals surface area contributed by atoms with Crippen LogP contribution in [0, 0.1) is 6.92 Å². The maximum absolute atomic E-state index is 12.7. The minimum Gasteiger partial charge on any atom is -0.497 e. The first kappa shape index (κ1) is 22.7. The summed E-state index contributed by atoms with van der Waals surface area (Å²) in [6.45, 7) is 3.42. The SMILES string of the molecule is COc1ccc(NC(=O)C(C)OC(=O)c2c(C)nn(Cc3ccccc3Cl)c2Cl)cc1. The number of nitrogens with zero attached hydrogens (tertiary/aromatic N) is 2. The highest BCUT2D eigenvalue weighted by Gasteiger charge is 2.26. The number of esters is 1. The van der Waals surface area contributed by atoms with Crippen molar-refractivity contribution in [3.63, 3.8) is 0 Å². The number of nitrogens with one attached hydrogen (secondary N) is 1. The molecule has 2 aromatic carbocycles. The number of ether oxygens (including phenoxy) is 2. The summed E-state index contributed by atoms with van der Waals surface area (Å²) in [5.41, 5.74) is 1.86. The third kappa shape index (κ3) is 5.37. The molecule has 0 saturated heterocycles.